The lowest BCUT2D eigenvalue weighted by Gasteiger charge is -2.19. The molecule has 0 radical (unpaired) electrons. The van der Waals surface area contributed by atoms with Gasteiger partial charge in [0.15, 0.2) is 0 Å². The van der Waals surface area contributed by atoms with E-state index in [0.29, 0.717) is 5.69 Å². The summed E-state index contributed by atoms with van der Waals surface area (Å²) in [6.07, 6.45) is 1.51. The Labute approximate surface area is 139 Å². The van der Waals surface area contributed by atoms with Crippen LogP contribution >= 0.6 is 11.3 Å². The number of aliphatic hydroxyl groups excluding tert-OH is 2. The van der Waals surface area contributed by atoms with E-state index in [9.17, 15) is 8.42 Å². The molecule has 0 aliphatic rings. The van der Waals surface area contributed by atoms with Gasteiger partial charge in [-0.25, -0.2) is 8.42 Å². The van der Waals surface area contributed by atoms with Gasteiger partial charge in [-0.2, -0.15) is 9.40 Å². The second-order valence-corrected chi connectivity index (χ2v) is 8.10. The van der Waals surface area contributed by atoms with Crippen molar-refractivity contribution < 1.29 is 18.6 Å². The SMILES string of the molecule is CC(C)n1cc(S(=O)(=O)N(CCO)CCO)c(-c2cccs2)n1. The molecule has 9 heteroatoms. The number of aromatic nitrogens is 2. The van der Waals surface area contributed by atoms with Crippen LogP contribution in [-0.4, -0.2) is 59.0 Å². The van der Waals surface area contributed by atoms with Crippen LogP contribution in [0.15, 0.2) is 28.6 Å². The summed E-state index contributed by atoms with van der Waals surface area (Å²) in [5.74, 6) is 0. The van der Waals surface area contributed by atoms with Crippen molar-refractivity contribution in [2.75, 3.05) is 26.3 Å². The van der Waals surface area contributed by atoms with E-state index in [4.69, 9.17) is 10.2 Å². The quantitative estimate of drug-likeness (QED) is 0.738. The molecular weight excluding hydrogens is 338 g/mol. The number of hydrogen-bond acceptors (Lipinski definition) is 6. The molecule has 0 atom stereocenters. The Bertz CT molecular complexity index is 717. The van der Waals surface area contributed by atoms with Crippen LogP contribution in [0.2, 0.25) is 0 Å². The normalized spacial score (nSPS) is 12.4. The molecule has 23 heavy (non-hydrogen) atoms. The molecule has 2 aromatic rings. The lowest BCUT2D eigenvalue weighted by atomic mass is 10.3. The average molecular weight is 359 g/mol. The summed E-state index contributed by atoms with van der Waals surface area (Å²) in [7, 11) is -3.86. The molecule has 0 saturated carbocycles. The number of hydrogen-bond donors (Lipinski definition) is 2. The molecule has 0 aliphatic heterocycles. The summed E-state index contributed by atoms with van der Waals surface area (Å²) >= 11 is 1.41. The summed E-state index contributed by atoms with van der Waals surface area (Å²) in [6.45, 7) is 3.07. The second kappa shape index (κ2) is 7.54. The third-order valence-corrected chi connectivity index (χ3v) is 6.07. The molecule has 0 unspecified atom stereocenters. The van der Waals surface area contributed by atoms with Gasteiger partial charge in [0.05, 0.1) is 18.1 Å². The van der Waals surface area contributed by atoms with E-state index < -0.39 is 10.0 Å². The number of sulfonamides is 1. The Morgan fingerprint density at radius 3 is 2.43 bits per heavy atom. The number of aliphatic hydroxyl groups is 2. The lowest BCUT2D eigenvalue weighted by Crippen LogP contribution is -2.36. The van der Waals surface area contributed by atoms with E-state index in [2.05, 4.69) is 5.10 Å². The van der Waals surface area contributed by atoms with Gasteiger partial charge >= 0.3 is 0 Å². The molecule has 0 bridgehead atoms. The monoisotopic (exact) mass is 359 g/mol. The molecule has 0 amide bonds. The first-order valence-corrected chi connectivity index (χ1v) is 9.58. The van der Waals surface area contributed by atoms with E-state index in [-0.39, 0.29) is 37.2 Å². The fourth-order valence-electron chi connectivity index (χ4n) is 2.13. The minimum absolute atomic E-state index is 0.0156. The average Bonchev–Trinajstić information content (AvgIpc) is 3.15. The molecule has 2 N–H and O–H groups in total. The smallest absolute Gasteiger partial charge is 0.247 e. The van der Waals surface area contributed by atoms with Crippen LogP contribution in [0.25, 0.3) is 10.6 Å². The topological polar surface area (TPSA) is 95.7 Å². The summed E-state index contributed by atoms with van der Waals surface area (Å²) < 4.78 is 28.5. The number of nitrogens with zero attached hydrogens (tertiary/aromatic N) is 3. The molecule has 128 valence electrons. The van der Waals surface area contributed by atoms with Crippen molar-refractivity contribution in [2.45, 2.75) is 24.8 Å². The van der Waals surface area contributed by atoms with E-state index in [1.807, 2.05) is 31.4 Å². The minimum atomic E-state index is -3.86. The highest BCUT2D eigenvalue weighted by Crippen LogP contribution is 2.32. The van der Waals surface area contributed by atoms with Gasteiger partial charge in [-0.3, -0.25) is 4.68 Å². The van der Waals surface area contributed by atoms with Crippen molar-refractivity contribution in [3.05, 3.63) is 23.7 Å². The van der Waals surface area contributed by atoms with E-state index >= 15 is 0 Å². The zero-order chi connectivity index (χ0) is 17.0. The Balaban J connectivity index is 2.56. The molecule has 2 rings (SSSR count). The number of thiophene rings is 1. The van der Waals surface area contributed by atoms with Gasteiger partial charge in [0.1, 0.15) is 10.6 Å². The second-order valence-electron chi connectivity index (χ2n) is 5.24. The maximum absolute atomic E-state index is 12.9. The molecule has 7 nitrogen and oxygen atoms in total. The lowest BCUT2D eigenvalue weighted by molar-refractivity contribution is 0.217. The zero-order valence-electron chi connectivity index (χ0n) is 13.1. The highest BCUT2D eigenvalue weighted by molar-refractivity contribution is 7.89. The molecule has 0 aromatic carbocycles. The van der Waals surface area contributed by atoms with Gasteiger partial charge in [0.2, 0.25) is 10.0 Å². The van der Waals surface area contributed by atoms with Crippen molar-refractivity contribution in [2.24, 2.45) is 0 Å². The van der Waals surface area contributed by atoms with Crippen molar-refractivity contribution in [3.63, 3.8) is 0 Å². The molecule has 0 fully saturated rings. The van der Waals surface area contributed by atoms with Gasteiger partial charge in [-0.15, -0.1) is 11.3 Å². The van der Waals surface area contributed by atoms with Crippen LogP contribution in [0.5, 0.6) is 0 Å². The van der Waals surface area contributed by atoms with Gasteiger partial charge in [-0.1, -0.05) is 6.07 Å². The number of rotatable bonds is 8. The maximum atomic E-state index is 12.9. The van der Waals surface area contributed by atoms with E-state index in [0.717, 1.165) is 9.18 Å². The first kappa shape index (κ1) is 18.1. The van der Waals surface area contributed by atoms with Crippen LogP contribution in [0, 0.1) is 0 Å². The Hall–Kier alpha value is -1.26. The van der Waals surface area contributed by atoms with Crippen molar-refractivity contribution in [1.29, 1.82) is 0 Å². The van der Waals surface area contributed by atoms with Crippen LogP contribution in [0.4, 0.5) is 0 Å². The highest BCUT2D eigenvalue weighted by Gasteiger charge is 2.30. The van der Waals surface area contributed by atoms with Crippen LogP contribution in [-0.2, 0) is 10.0 Å². The molecule has 0 spiro atoms. The standard InChI is InChI=1S/C14H21N3O4S2/c1-11(2)17-10-13(14(15-17)12-4-3-9-22-12)23(20,21)16(5-7-18)6-8-19/h3-4,9-11,18-19H,5-8H2,1-2H3. The van der Waals surface area contributed by atoms with Crippen molar-refractivity contribution in [1.82, 2.24) is 14.1 Å². The van der Waals surface area contributed by atoms with E-state index in [1.165, 1.54) is 17.5 Å². The molecule has 0 aliphatic carbocycles. The maximum Gasteiger partial charge on any atom is 0.247 e. The molecule has 0 saturated heterocycles. The summed E-state index contributed by atoms with van der Waals surface area (Å²) in [6, 6.07) is 3.67. The minimum Gasteiger partial charge on any atom is -0.395 e. The molecule has 2 heterocycles. The molecule has 2 aromatic heterocycles. The Morgan fingerprint density at radius 2 is 1.96 bits per heavy atom. The van der Waals surface area contributed by atoms with Crippen LogP contribution in [0.1, 0.15) is 19.9 Å². The van der Waals surface area contributed by atoms with Crippen molar-refractivity contribution >= 4 is 21.4 Å². The molecular formula is C14H21N3O4S2. The van der Waals surface area contributed by atoms with Crippen LogP contribution < -0.4 is 0 Å². The van der Waals surface area contributed by atoms with Gasteiger partial charge in [0.25, 0.3) is 0 Å². The fourth-order valence-corrected chi connectivity index (χ4v) is 4.47. The first-order valence-electron chi connectivity index (χ1n) is 7.26. The first-order chi connectivity index (χ1) is 10.9. The largest absolute Gasteiger partial charge is 0.395 e. The Morgan fingerprint density at radius 1 is 1.30 bits per heavy atom. The van der Waals surface area contributed by atoms with Gasteiger partial charge in [-0.05, 0) is 25.3 Å². The zero-order valence-corrected chi connectivity index (χ0v) is 14.7. The third-order valence-electron chi connectivity index (χ3n) is 3.30. The predicted molar refractivity (Wildman–Crippen MR) is 88.9 cm³/mol. The summed E-state index contributed by atoms with van der Waals surface area (Å²) in [5.41, 5.74) is 0.398. The third kappa shape index (κ3) is 3.81. The van der Waals surface area contributed by atoms with Crippen molar-refractivity contribution in [3.8, 4) is 10.6 Å². The van der Waals surface area contributed by atoms with Crippen LogP contribution in [0.3, 0.4) is 0 Å². The summed E-state index contributed by atoms with van der Waals surface area (Å²) in [5, 5.41) is 24.5. The van der Waals surface area contributed by atoms with E-state index in [1.54, 1.807) is 4.68 Å². The highest BCUT2D eigenvalue weighted by atomic mass is 32.2. The van der Waals surface area contributed by atoms with Gasteiger partial charge < -0.3 is 10.2 Å². The van der Waals surface area contributed by atoms with Gasteiger partial charge in [0, 0.05) is 25.3 Å². The predicted octanol–water partition coefficient (Wildman–Crippen LogP) is 1.17. The fraction of sp³-hybridized carbons (Fsp3) is 0.500. The summed E-state index contributed by atoms with van der Waals surface area (Å²) in [4.78, 5) is 0.853. The Kier molecular flexibility index (Phi) is 5.93.